The minimum Gasteiger partial charge on any atom is -0.348 e. The van der Waals surface area contributed by atoms with E-state index in [1.165, 1.54) is 12.3 Å². The number of nitrogens with zero attached hydrogens (tertiary/aromatic N) is 2. The van der Waals surface area contributed by atoms with Crippen LogP contribution in [0.15, 0.2) is 47.9 Å². The fourth-order valence-electron chi connectivity index (χ4n) is 2.02. The standard InChI is InChI=1S/C15H15N3O3S/c19-15(12-5-7-16-8-6-12)18-10-11-1-4-14(17-9-11)22(20,21)13-2-3-13/h1,4-9,13H,2-3,10H2,(H,18,19). The van der Waals surface area contributed by atoms with Crippen molar-refractivity contribution < 1.29 is 13.2 Å². The van der Waals surface area contributed by atoms with Crippen molar-refractivity contribution in [2.24, 2.45) is 0 Å². The molecule has 22 heavy (non-hydrogen) atoms. The van der Waals surface area contributed by atoms with Crippen molar-refractivity contribution >= 4 is 15.7 Å². The van der Waals surface area contributed by atoms with E-state index in [0.717, 1.165) is 5.56 Å². The molecule has 0 aliphatic heterocycles. The molecular weight excluding hydrogens is 302 g/mol. The van der Waals surface area contributed by atoms with Crippen molar-refractivity contribution in [2.75, 3.05) is 0 Å². The van der Waals surface area contributed by atoms with E-state index in [2.05, 4.69) is 15.3 Å². The molecule has 1 fully saturated rings. The van der Waals surface area contributed by atoms with E-state index in [-0.39, 0.29) is 22.7 Å². The molecule has 114 valence electrons. The predicted molar refractivity (Wildman–Crippen MR) is 79.9 cm³/mol. The molecule has 1 N–H and O–H groups in total. The molecule has 0 bridgehead atoms. The molecule has 0 spiro atoms. The zero-order valence-electron chi connectivity index (χ0n) is 11.8. The molecule has 0 aromatic carbocycles. The number of nitrogens with one attached hydrogen (secondary N) is 1. The highest BCUT2D eigenvalue weighted by Crippen LogP contribution is 2.32. The maximum atomic E-state index is 12.0. The molecule has 1 aliphatic carbocycles. The summed E-state index contributed by atoms with van der Waals surface area (Å²) in [5.74, 6) is -0.211. The summed E-state index contributed by atoms with van der Waals surface area (Å²) < 4.78 is 24.0. The van der Waals surface area contributed by atoms with Crippen molar-refractivity contribution in [2.45, 2.75) is 29.7 Å². The molecule has 1 amide bonds. The van der Waals surface area contributed by atoms with E-state index >= 15 is 0 Å². The molecule has 2 heterocycles. The van der Waals surface area contributed by atoms with Crippen molar-refractivity contribution in [3.8, 4) is 0 Å². The lowest BCUT2D eigenvalue weighted by atomic mass is 10.2. The van der Waals surface area contributed by atoms with E-state index in [9.17, 15) is 13.2 Å². The number of carbonyl (C=O) groups excluding carboxylic acids is 1. The first-order valence-electron chi connectivity index (χ1n) is 6.94. The van der Waals surface area contributed by atoms with Gasteiger partial charge in [-0.25, -0.2) is 13.4 Å². The summed E-state index contributed by atoms with van der Waals surface area (Å²) in [5, 5.41) is 2.60. The maximum Gasteiger partial charge on any atom is 0.251 e. The highest BCUT2D eigenvalue weighted by atomic mass is 32.2. The Balaban J connectivity index is 1.63. The summed E-state index contributed by atoms with van der Waals surface area (Å²) in [7, 11) is -3.26. The lowest BCUT2D eigenvalue weighted by molar-refractivity contribution is 0.0950. The van der Waals surface area contributed by atoms with E-state index < -0.39 is 9.84 Å². The topological polar surface area (TPSA) is 89.0 Å². The van der Waals surface area contributed by atoms with Crippen molar-refractivity contribution in [1.82, 2.24) is 15.3 Å². The molecule has 1 saturated carbocycles. The fourth-order valence-corrected chi connectivity index (χ4v) is 3.58. The van der Waals surface area contributed by atoms with Crippen LogP contribution in [-0.4, -0.2) is 29.5 Å². The van der Waals surface area contributed by atoms with Crippen LogP contribution in [0.3, 0.4) is 0 Å². The van der Waals surface area contributed by atoms with Gasteiger partial charge in [0.05, 0.1) is 5.25 Å². The number of amides is 1. The van der Waals surface area contributed by atoms with Crippen molar-refractivity contribution in [1.29, 1.82) is 0 Å². The smallest absolute Gasteiger partial charge is 0.251 e. The summed E-state index contributed by atoms with van der Waals surface area (Å²) in [6, 6.07) is 6.43. The predicted octanol–water partition coefficient (Wildman–Crippen LogP) is 1.34. The van der Waals surface area contributed by atoms with Crippen LogP contribution in [0.4, 0.5) is 0 Å². The van der Waals surface area contributed by atoms with E-state index in [0.29, 0.717) is 18.4 Å². The summed E-state index contributed by atoms with van der Waals surface area (Å²) in [6.07, 6.45) is 6.02. The van der Waals surface area contributed by atoms with Crippen LogP contribution >= 0.6 is 0 Å². The summed E-state index contributed by atoms with van der Waals surface area (Å²) in [5.41, 5.74) is 1.27. The fraction of sp³-hybridized carbons (Fsp3) is 0.267. The molecule has 0 atom stereocenters. The minimum atomic E-state index is -3.26. The van der Waals surface area contributed by atoms with Gasteiger partial charge in [-0.2, -0.15) is 0 Å². The SMILES string of the molecule is O=C(NCc1ccc(S(=O)(=O)C2CC2)nc1)c1ccncc1. The summed E-state index contributed by atoms with van der Waals surface area (Å²) >= 11 is 0. The lowest BCUT2D eigenvalue weighted by Gasteiger charge is -2.06. The number of hydrogen-bond acceptors (Lipinski definition) is 5. The Bertz CT molecular complexity index is 769. The molecule has 7 heteroatoms. The molecule has 0 saturated heterocycles. The van der Waals surface area contributed by atoms with Gasteiger partial charge in [-0.3, -0.25) is 9.78 Å². The molecule has 0 unspecified atom stereocenters. The van der Waals surface area contributed by atoms with Crippen molar-refractivity contribution in [3.05, 3.63) is 54.0 Å². The highest BCUT2D eigenvalue weighted by molar-refractivity contribution is 7.92. The quantitative estimate of drug-likeness (QED) is 0.899. The normalized spacial score (nSPS) is 14.5. The summed E-state index contributed by atoms with van der Waals surface area (Å²) in [6.45, 7) is 0.290. The van der Waals surface area contributed by atoms with Crippen LogP contribution in [0.5, 0.6) is 0 Å². The van der Waals surface area contributed by atoms with Gasteiger partial charge in [0.15, 0.2) is 14.9 Å². The number of carbonyl (C=O) groups is 1. The second kappa shape index (κ2) is 5.84. The first-order valence-corrected chi connectivity index (χ1v) is 8.49. The van der Waals surface area contributed by atoms with E-state index in [1.807, 2.05) is 0 Å². The monoisotopic (exact) mass is 317 g/mol. The molecule has 3 rings (SSSR count). The highest BCUT2D eigenvalue weighted by Gasteiger charge is 2.37. The van der Waals surface area contributed by atoms with Crippen molar-refractivity contribution in [3.63, 3.8) is 0 Å². The lowest BCUT2D eigenvalue weighted by Crippen LogP contribution is -2.22. The first-order chi connectivity index (χ1) is 10.6. The van der Waals surface area contributed by atoms with Crippen LogP contribution in [0.1, 0.15) is 28.8 Å². The van der Waals surface area contributed by atoms with Gasteiger partial charge in [0, 0.05) is 30.7 Å². The van der Waals surface area contributed by atoms with Gasteiger partial charge in [-0.15, -0.1) is 0 Å². The van der Waals surface area contributed by atoms with Gasteiger partial charge < -0.3 is 5.32 Å². The zero-order chi connectivity index (χ0) is 15.6. The molecule has 0 radical (unpaired) electrons. The van der Waals surface area contributed by atoms with Crippen LogP contribution in [0, 0.1) is 0 Å². The van der Waals surface area contributed by atoms with Gasteiger partial charge >= 0.3 is 0 Å². The molecule has 2 aromatic rings. The Labute approximate surface area is 128 Å². The average molecular weight is 317 g/mol. The van der Waals surface area contributed by atoms with Crippen LogP contribution in [0.2, 0.25) is 0 Å². The maximum absolute atomic E-state index is 12.0. The van der Waals surface area contributed by atoms with Gasteiger partial charge in [0.2, 0.25) is 0 Å². The van der Waals surface area contributed by atoms with Crippen LogP contribution in [0.25, 0.3) is 0 Å². The largest absolute Gasteiger partial charge is 0.348 e. The van der Waals surface area contributed by atoms with Gasteiger partial charge in [-0.1, -0.05) is 6.07 Å². The number of hydrogen-bond donors (Lipinski definition) is 1. The van der Waals surface area contributed by atoms with Gasteiger partial charge in [-0.05, 0) is 36.6 Å². The number of sulfone groups is 1. The van der Waals surface area contributed by atoms with Gasteiger partial charge in [0.25, 0.3) is 5.91 Å². The molecular formula is C15H15N3O3S. The Morgan fingerprint density at radius 2 is 1.91 bits per heavy atom. The second-order valence-electron chi connectivity index (χ2n) is 5.17. The molecule has 1 aliphatic rings. The Hall–Kier alpha value is -2.28. The number of rotatable bonds is 5. The third kappa shape index (κ3) is 3.14. The second-order valence-corrected chi connectivity index (χ2v) is 7.34. The Kier molecular flexibility index (Phi) is 3.89. The van der Waals surface area contributed by atoms with Gasteiger partial charge in [0.1, 0.15) is 0 Å². The molecule has 2 aromatic heterocycles. The number of pyridine rings is 2. The Morgan fingerprint density at radius 1 is 1.18 bits per heavy atom. The minimum absolute atomic E-state index is 0.110. The number of aromatic nitrogens is 2. The van der Waals surface area contributed by atoms with E-state index in [1.54, 1.807) is 30.6 Å². The Morgan fingerprint density at radius 3 is 2.50 bits per heavy atom. The zero-order valence-corrected chi connectivity index (χ0v) is 12.6. The third-order valence-electron chi connectivity index (χ3n) is 3.45. The van der Waals surface area contributed by atoms with E-state index in [4.69, 9.17) is 0 Å². The average Bonchev–Trinajstić information content (AvgIpc) is 3.39. The summed E-state index contributed by atoms with van der Waals surface area (Å²) in [4.78, 5) is 19.8. The van der Waals surface area contributed by atoms with Crippen LogP contribution in [-0.2, 0) is 16.4 Å². The molecule has 6 nitrogen and oxygen atoms in total. The third-order valence-corrected chi connectivity index (χ3v) is 5.62. The first kappa shape index (κ1) is 14.6. The van der Waals surface area contributed by atoms with Crippen LogP contribution < -0.4 is 5.32 Å².